The van der Waals surface area contributed by atoms with Crippen LogP contribution in [0.3, 0.4) is 0 Å². The molecule has 0 spiro atoms. The first-order valence-corrected chi connectivity index (χ1v) is 9.33. The van der Waals surface area contributed by atoms with Crippen LogP contribution in [-0.4, -0.2) is 34.7 Å². The highest BCUT2D eigenvalue weighted by Crippen LogP contribution is 2.23. The van der Waals surface area contributed by atoms with Gasteiger partial charge in [-0.25, -0.2) is 9.59 Å². The minimum Gasteiger partial charge on any atom is -0.478 e. The highest BCUT2D eigenvalue weighted by atomic mass is 127. The van der Waals surface area contributed by atoms with Crippen molar-refractivity contribution in [2.75, 3.05) is 5.32 Å². The number of alkyl carbamates (subject to hydrolysis) is 1. The second kappa shape index (κ2) is 9.02. The summed E-state index contributed by atoms with van der Waals surface area (Å²) in [7, 11) is 0. The molecule has 2 amide bonds. The Hall–Kier alpha value is -1.84. The second-order valence-corrected chi connectivity index (χ2v) is 7.14. The summed E-state index contributed by atoms with van der Waals surface area (Å²) in [4.78, 5) is 35.8. The summed E-state index contributed by atoms with van der Waals surface area (Å²) in [6.45, 7) is 6.91. The van der Waals surface area contributed by atoms with Crippen molar-refractivity contribution in [3.05, 3.63) is 29.3 Å². The van der Waals surface area contributed by atoms with Crippen LogP contribution >= 0.6 is 22.6 Å². The number of carboxylic acid groups (broad SMARTS) is 1. The van der Waals surface area contributed by atoms with Gasteiger partial charge in [0.2, 0.25) is 5.91 Å². The first-order valence-electron chi connectivity index (χ1n) is 7.80. The summed E-state index contributed by atoms with van der Waals surface area (Å²) in [6, 6.07) is 4.07. The number of rotatable bonds is 6. The summed E-state index contributed by atoms with van der Waals surface area (Å²) in [5.41, 5.74) is 0.191. The van der Waals surface area contributed by atoms with Crippen molar-refractivity contribution in [3.63, 3.8) is 0 Å². The number of hydrogen-bond donors (Lipinski definition) is 3. The fraction of sp³-hybridized carbons (Fsp3) is 0.471. The maximum Gasteiger partial charge on any atom is 0.408 e. The zero-order chi connectivity index (χ0) is 19.2. The molecule has 7 nitrogen and oxygen atoms in total. The molecule has 138 valence electrons. The Bertz CT molecular complexity index is 655. The molecule has 3 N–H and O–H groups in total. The third-order valence-corrected chi connectivity index (χ3v) is 4.00. The molecule has 1 rings (SSSR count). The lowest BCUT2D eigenvalue weighted by Crippen LogP contribution is -2.45. The predicted octanol–water partition coefficient (Wildman–Crippen LogP) is 3.56. The van der Waals surface area contributed by atoms with E-state index in [1.54, 1.807) is 39.8 Å². The van der Waals surface area contributed by atoms with Gasteiger partial charge in [0, 0.05) is 4.43 Å². The smallest absolute Gasteiger partial charge is 0.408 e. The maximum absolute atomic E-state index is 12.4. The Morgan fingerprint density at radius 3 is 2.40 bits per heavy atom. The van der Waals surface area contributed by atoms with Gasteiger partial charge < -0.3 is 20.5 Å². The van der Waals surface area contributed by atoms with Gasteiger partial charge in [-0.2, -0.15) is 0 Å². The van der Waals surface area contributed by atoms with E-state index in [9.17, 15) is 19.5 Å². The maximum atomic E-state index is 12.4. The molecule has 0 aromatic heterocycles. The minimum atomic E-state index is -1.12. The predicted molar refractivity (Wildman–Crippen MR) is 103 cm³/mol. The van der Waals surface area contributed by atoms with Gasteiger partial charge in [-0.1, -0.05) is 41.6 Å². The van der Waals surface area contributed by atoms with Crippen molar-refractivity contribution in [1.82, 2.24) is 5.32 Å². The molecule has 0 aliphatic rings. The number of ether oxygens (including phenoxy) is 1. The molecule has 0 aliphatic carbocycles. The standard InChI is InChI=1S/C17H23IN2O5/c1-5-11(20-16(24)25-17(2,3)4)14(21)19-12-8-6-7-10(9-18)13(12)15(22)23/h6-8,11H,5,9H2,1-4H3,(H,19,21)(H,20,24)(H,22,23)/t11-/m0/s1. The van der Waals surface area contributed by atoms with E-state index >= 15 is 0 Å². The first-order chi connectivity index (χ1) is 11.6. The van der Waals surface area contributed by atoms with E-state index in [-0.39, 0.29) is 11.3 Å². The molecule has 1 aromatic carbocycles. The lowest BCUT2D eigenvalue weighted by molar-refractivity contribution is -0.118. The molecule has 0 heterocycles. The monoisotopic (exact) mass is 462 g/mol. The van der Waals surface area contributed by atoms with E-state index in [4.69, 9.17) is 4.74 Å². The molecule has 8 heteroatoms. The lowest BCUT2D eigenvalue weighted by atomic mass is 10.1. The normalized spacial score (nSPS) is 12.2. The number of aromatic carboxylic acids is 1. The van der Waals surface area contributed by atoms with Crippen molar-refractivity contribution in [2.24, 2.45) is 0 Å². The highest BCUT2D eigenvalue weighted by molar-refractivity contribution is 14.1. The molecule has 1 aromatic rings. The van der Waals surface area contributed by atoms with Crippen molar-refractivity contribution >= 4 is 46.2 Å². The Morgan fingerprint density at radius 1 is 1.28 bits per heavy atom. The summed E-state index contributed by atoms with van der Waals surface area (Å²) in [5, 5.41) is 14.5. The molecule has 0 radical (unpaired) electrons. The van der Waals surface area contributed by atoms with Gasteiger partial charge >= 0.3 is 12.1 Å². The van der Waals surface area contributed by atoms with E-state index in [2.05, 4.69) is 33.2 Å². The molecule has 0 saturated carbocycles. The van der Waals surface area contributed by atoms with Crippen molar-refractivity contribution in [3.8, 4) is 0 Å². The average Bonchev–Trinajstić information content (AvgIpc) is 2.50. The van der Waals surface area contributed by atoms with E-state index in [0.717, 1.165) is 0 Å². The number of carboxylic acids is 1. The second-order valence-electron chi connectivity index (χ2n) is 6.37. The molecule has 0 fully saturated rings. The summed E-state index contributed by atoms with van der Waals surface area (Å²) in [6.07, 6.45) is -0.367. The van der Waals surface area contributed by atoms with Crippen LogP contribution in [0.15, 0.2) is 18.2 Å². The number of carbonyl (C=O) groups excluding carboxylic acids is 2. The largest absolute Gasteiger partial charge is 0.478 e. The van der Waals surface area contributed by atoms with Gasteiger partial charge in [-0.05, 0) is 38.8 Å². The third kappa shape index (κ3) is 6.52. The van der Waals surface area contributed by atoms with Gasteiger partial charge in [-0.15, -0.1) is 0 Å². The fourth-order valence-electron chi connectivity index (χ4n) is 2.09. The zero-order valence-electron chi connectivity index (χ0n) is 14.7. The molecular weight excluding hydrogens is 439 g/mol. The molecule has 25 heavy (non-hydrogen) atoms. The molecule has 0 aliphatic heterocycles. The number of halogens is 1. The third-order valence-electron chi connectivity index (χ3n) is 3.18. The Kier molecular flexibility index (Phi) is 7.65. The van der Waals surface area contributed by atoms with Crippen LogP contribution in [0.2, 0.25) is 0 Å². The van der Waals surface area contributed by atoms with Crippen molar-refractivity contribution in [2.45, 2.75) is 50.2 Å². The first kappa shape index (κ1) is 21.2. The van der Waals surface area contributed by atoms with Crippen LogP contribution in [0, 0.1) is 0 Å². The quantitative estimate of drug-likeness (QED) is 0.443. The molecule has 0 saturated heterocycles. The summed E-state index contributed by atoms with van der Waals surface area (Å²) >= 11 is 2.06. The van der Waals surface area contributed by atoms with Gasteiger partial charge in [0.25, 0.3) is 0 Å². The number of amides is 2. The molecule has 1 atom stereocenters. The fourth-order valence-corrected chi connectivity index (χ4v) is 2.73. The van der Waals surface area contributed by atoms with Crippen molar-refractivity contribution < 1.29 is 24.2 Å². The number of hydrogen-bond acceptors (Lipinski definition) is 4. The molecular formula is C17H23IN2O5. The topological polar surface area (TPSA) is 105 Å². The summed E-state index contributed by atoms with van der Waals surface area (Å²) in [5.74, 6) is -1.61. The highest BCUT2D eigenvalue weighted by Gasteiger charge is 2.24. The molecule has 0 bridgehead atoms. The van der Waals surface area contributed by atoms with Crippen LogP contribution in [0.5, 0.6) is 0 Å². The van der Waals surface area contributed by atoms with E-state index in [0.29, 0.717) is 16.4 Å². The number of benzene rings is 1. The van der Waals surface area contributed by atoms with Crippen LogP contribution in [0.25, 0.3) is 0 Å². The van der Waals surface area contributed by atoms with Gasteiger partial charge in [0.05, 0.1) is 11.3 Å². The summed E-state index contributed by atoms with van der Waals surface area (Å²) < 4.78 is 5.64. The van der Waals surface area contributed by atoms with Gasteiger partial charge in [-0.3, -0.25) is 4.79 Å². The zero-order valence-corrected chi connectivity index (χ0v) is 16.8. The van der Waals surface area contributed by atoms with E-state index < -0.39 is 29.6 Å². The number of carbonyl (C=O) groups is 3. The minimum absolute atomic E-state index is 0.0531. The van der Waals surface area contributed by atoms with Crippen LogP contribution in [0.1, 0.15) is 50.0 Å². The molecule has 0 unspecified atom stereocenters. The average molecular weight is 462 g/mol. The Labute approximate surface area is 160 Å². The Balaban J connectivity index is 2.93. The van der Waals surface area contributed by atoms with Crippen molar-refractivity contribution in [1.29, 1.82) is 0 Å². The lowest BCUT2D eigenvalue weighted by Gasteiger charge is -2.23. The van der Waals surface area contributed by atoms with Crippen LogP contribution in [0.4, 0.5) is 10.5 Å². The van der Waals surface area contributed by atoms with Gasteiger partial charge in [0.1, 0.15) is 11.6 Å². The van der Waals surface area contributed by atoms with E-state index in [1.807, 2.05) is 0 Å². The number of alkyl halides is 1. The SMILES string of the molecule is CC[C@H](NC(=O)OC(C)(C)C)C(=O)Nc1cccc(CI)c1C(=O)O. The Morgan fingerprint density at radius 2 is 1.92 bits per heavy atom. The number of anilines is 1. The number of nitrogens with one attached hydrogen (secondary N) is 2. The van der Waals surface area contributed by atoms with Crippen LogP contribution in [-0.2, 0) is 14.0 Å². The van der Waals surface area contributed by atoms with E-state index in [1.165, 1.54) is 6.07 Å². The van der Waals surface area contributed by atoms with Gasteiger partial charge in [0.15, 0.2) is 0 Å². The van der Waals surface area contributed by atoms with Crippen LogP contribution < -0.4 is 10.6 Å².